The molecule has 2 aromatic carbocycles. The average Bonchev–Trinajstić information content (AvgIpc) is 3.11. The SMILES string of the molecule is COc1ccc(-c2nc(SCC(=O)Nc3ccc(Cl)cc3)no2)cc1. The summed E-state index contributed by atoms with van der Waals surface area (Å²) in [6.07, 6.45) is 0. The first-order valence-electron chi connectivity index (χ1n) is 7.30. The van der Waals surface area contributed by atoms with Gasteiger partial charge in [0.25, 0.3) is 5.89 Å². The van der Waals surface area contributed by atoms with E-state index in [1.165, 1.54) is 11.8 Å². The topological polar surface area (TPSA) is 77.2 Å². The summed E-state index contributed by atoms with van der Waals surface area (Å²) in [5.74, 6) is 1.15. The number of amides is 1. The Balaban J connectivity index is 1.55. The van der Waals surface area contributed by atoms with E-state index in [0.717, 1.165) is 11.3 Å². The summed E-state index contributed by atoms with van der Waals surface area (Å²) in [4.78, 5) is 16.2. The van der Waals surface area contributed by atoms with Crippen molar-refractivity contribution in [2.45, 2.75) is 5.16 Å². The second-order valence-corrected chi connectivity index (χ2v) is 6.33. The third-order valence-corrected chi connectivity index (χ3v) is 4.29. The van der Waals surface area contributed by atoms with Gasteiger partial charge in [-0.25, -0.2) is 0 Å². The predicted octanol–water partition coefficient (Wildman–Crippen LogP) is 4.13. The van der Waals surface area contributed by atoms with Crippen LogP contribution in [0.25, 0.3) is 11.5 Å². The molecule has 0 fully saturated rings. The van der Waals surface area contributed by atoms with Gasteiger partial charge >= 0.3 is 0 Å². The number of ether oxygens (including phenoxy) is 1. The van der Waals surface area contributed by atoms with Crippen molar-refractivity contribution in [3.8, 4) is 17.2 Å². The van der Waals surface area contributed by atoms with Gasteiger partial charge in [-0.2, -0.15) is 4.98 Å². The van der Waals surface area contributed by atoms with Crippen LogP contribution >= 0.6 is 23.4 Å². The second-order valence-electron chi connectivity index (χ2n) is 4.95. The molecule has 1 aromatic heterocycles. The maximum Gasteiger partial charge on any atom is 0.258 e. The number of hydrogen-bond donors (Lipinski definition) is 1. The van der Waals surface area contributed by atoms with E-state index in [4.69, 9.17) is 20.9 Å². The fourth-order valence-corrected chi connectivity index (χ4v) is 2.68. The van der Waals surface area contributed by atoms with Crippen LogP contribution in [0.15, 0.2) is 58.2 Å². The van der Waals surface area contributed by atoms with Crippen molar-refractivity contribution in [1.29, 1.82) is 0 Å². The minimum atomic E-state index is -0.164. The van der Waals surface area contributed by atoms with Gasteiger partial charge in [-0.3, -0.25) is 4.79 Å². The zero-order valence-electron chi connectivity index (χ0n) is 13.2. The summed E-state index contributed by atoms with van der Waals surface area (Å²) in [6.45, 7) is 0. The van der Waals surface area contributed by atoms with Crippen LogP contribution in [0.2, 0.25) is 5.02 Å². The number of benzene rings is 2. The van der Waals surface area contributed by atoms with Crippen molar-refractivity contribution >= 4 is 35.0 Å². The Hall–Kier alpha value is -2.51. The first-order chi connectivity index (χ1) is 12.1. The minimum Gasteiger partial charge on any atom is -0.497 e. The number of aromatic nitrogens is 2. The van der Waals surface area contributed by atoms with E-state index < -0.39 is 0 Å². The highest BCUT2D eigenvalue weighted by Gasteiger charge is 2.11. The number of halogens is 1. The van der Waals surface area contributed by atoms with Crippen molar-refractivity contribution < 1.29 is 14.1 Å². The molecule has 0 unspecified atom stereocenters. The molecule has 6 nitrogen and oxygen atoms in total. The quantitative estimate of drug-likeness (QED) is 0.653. The molecule has 0 saturated carbocycles. The Labute approximate surface area is 153 Å². The maximum atomic E-state index is 12.0. The fourth-order valence-electron chi connectivity index (χ4n) is 1.98. The average molecular weight is 376 g/mol. The first kappa shape index (κ1) is 17.3. The molecule has 1 N–H and O–H groups in total. The van der Waals surface area contributed by atoms with Crippen LogP contribution in [0.5, 0.6) is 5.75 Å². The van der Waals surface area contributed by atoms with Crippen LogP contribution < -0.4 is 10.1 Å². The molecule has 0 saturated heterocycles. The third-order valence-electron chi connectivity index (χ3n) is 3.20. The number of carbonyl (C=O) groups excluding carboxylic acids is 1. The van der Waals surface area contributed by atoms with Gasteiger partial charge < -0.3 is 14.6 Å². The number of hydrogen-bond acceptors (Lipinski definition) is 6. The summed E-state index contributed by atoms with van der Waals surface area (Å²) < 4.78 is 10.3. The molecular formula is C17H14ClN3O3S. The smallest absolute Gasteiger partial charge is 0.258 e. The van der Waals surface area contributed by atoms with Gasteiger partial charge in [-0.15, -0.1) is 0 Å². The van der Waals surface area contributed by atoms with E-state index in [1.807, 2.05) is 24.3 Å². The number of nitrogens with one attached hydrogen (secondary N) is 1. The molecule has 128 valence electrons. The Morgan fingerprint density at radius 1 is 1.20 bits per heavy atom. The standard InChI is InChI=1S/C17H14ClN3O3S/c1-23-14-8-2-11(3-9-14)16-20-17(21-24-16)25-10-15(22)19-13-6-4-12(18)5-7-13/h2-9H,10H2,1H3,(H,19,22). The lowest BCUT2D eigenvalue weighted by Crippen LogP contribution is -2.13. The molecule has 1 heterocycles. The van der Waals surface area contributed by atoms with E-state index in [0.29, 0.717) is 21.8 Å². The van der Waals surface area contributed by atoms with E-state index in [2.05, 4.69) is 15.5 Å². The summed E-state index contributed by atoms with van der Waals surface area (Å²) in [5, 5.41) is 7.66. The molecule has 0 aliphatic heterocycles. The lowest BCUT2D eigenvalue weighted by atomic mass is 10.2. The zero-order valence-corrected chi connectivity index (χ0v) is 14.8. The molecular weight excluding hydrogens is 362 g/mol. The molecule has 8 heteroatoms. The van der Waals surface area contributed by atoms with Gasteiger partial charge in [-0.05, 0) is 53.7 Å². The Bertz CT molecular complexity index is 850. The number of thioether (sulfide) groups is 1. The summed E-state index contributed by atoms with van der Waals surface area (Å²) in [7, 11) is 1.60. The molecule has 25 heavy (non-hydrogen) atoms. The van der Waals surface area contributed by atoms with Crippen LogP contribution in [-0.4, -0.2) is 28.9 Å². The molecule has 0 aliphatic carbocycles. The molecule has 0 radical (unpaired) electrons. The van der Waals surface area contributed by atoms with Crippen molar-refractivity contribution in [3.05, 3.63) is 53.6 Å². The van der Waals surface area contributed by atoms with Crippen LogP contribution in [-0.2, 0) is 4.79 Å². The number of methoxy groups -OCH3 is 1. The number of nitrogens with zero attached hydrogens (tertiary/aromatic N) is 2. The van der Waals surface area contributed by atoms with Gasteiger partial charge in [-0.1, -0.05) is 23.4 Å². The third kappa shape index (κ3) is 4.74. The Morgan fingerprint density at radius 3 is 2.60 bits per heavy atom. The van der Waals surface area contributed by atoms with Gasteiger partial charge in [0.1, 0.15) is 5.75 Å². The highest BCUT2D eigenvalue weighted by atomic mass is 35.5. The van der Waals surface area contributed by atoms with E-state index in [9.17, 15) is 4.79 Å². The normalized spacial score (nSPS) is 10.5. The molecule has 3 rings (SSSR count). The summed E-state index contributed by atoms with van der Waals surface area (Å²) in [5.41, 5.74) is 1.47. The maximum absolute atomic E-state index is 12.0. The van der Waals surface area contributed by atoms with Crippen molar-refractivity contribution in [2.75, 3.05) is 18.2 Å². The van der Waals surface area contributed by atoms with E-state index in [-0.39, 0.29) is 11.7 Å². The monoisotopic (exact) mass is 375 g/mol. The van der Waals surface area contributed by atoms with Gasteiger partial charge in [0.2, 0.25) is 11.1 Å². The van der Waals surface area contributed by atoms with Crippen LogP contribution in [0.4, 0.5) is 5.69 Å². The largest absolute Gasteiger partial charge is 0.497 e. The first-order valence-corrected chi connectivity index (χ1v) is 8.67. The molecule has 1 amide bonds. The number of rotatable bonds is 6. The number of carbonyl (C=O) groups is 1. The highest BCUT2D eigenvalue weighted by Crippen LogP contribution is 2.23. The van der Waals surface area contributed by atoms with E-state index in [1.54, 1.807) is 31.4 Å². The molecule has 0 bridgehead atoms. The van der Waals surface area contributed by atoms with Crippen LogP contribution in [0, 0.1) is 0 Å². The fraction of sp³-hybridized carbons (Fsp3) is 0.118. The van der Waals surface area contributed by atoms with Crippen molar-refractivity contribution in [2.24, 2.45) is 0 Å². The second kappa shape index (κ2) is 8.04. The number of anilines is 1. The Morgan fingerprint density at radius 2 is 1.92 bits per heavy atom. The highest BCUT2D eigenvalue weighted by molar-refractivity contribution is 7.99. The predicted molar refractivity (Wildman–Crippen MR) is 97.1 cm³/mol. The van der Waals surface area contributed by atoms with Crippen LogP contribution in [0.1, 0.15) is 0 Å². The van der Waals surface area contributed by atoms with Crippen molar-refractivity contribution in [1.82, 2.24) is 10.1 Å². The van der Waals surface area contributed by atoms with Gasteiger partial charge in [0.15, 0.2) is 0 Å². The summed E-state index contributed by atoms with van der Waals surface area (Å²) >= 11 is 7.00. The molecule has 0 aliphatic rings. The van der Waals surface area contributed by atoms with E-state index >= 15 is 0 Å². The van der Waals surface area contributed by atoms with Gasteiger partial charge in [0, 0.05) is 16.3 Å². The Kier molecular flexibility index (Phi) is 5.57. The van der Waals surface area contributed by atoms with Crippen LogP contribution in [0.3, 0.4) is 0 Å². The molecule has 0 atom stereocenters. The zero-order chi connectivity index (χ0) is 17.6. The van der Waals surface area contributed by atoms with Gasteiger partial charge in [0.05, 0.1) is 12.9 Å². The molecule has 3 aromatic rings. The van der Waals surface area contributed by atoms with Crippen molar-refractivity contribution in [3.63, 3.8) is 0 Å². The lowest BCUT2D eigenvalue weighted by molar-refractivity contribution is -0.113. The molecule has 0 spiro atoms. The lowest BCUT2D eigenvalue weighted by Gasteiger charge is -2.03. The summed E-state index contributed by atoms with van der Waals surface area (Å²) in [6, 6.07) is 14.2. The minimum absolute atomic E-state index is 0.164.